The Balaban J connectivity index is 1.63. The number of benzene rings is 1. The van der Waals surface area contributed by atoms with Crippen LogP contribution in [0.25, 0.3) is 0 Å². The molecule has 2 rings (SSSR count). The molecule has 1 aliphatic heterocycles. The van der Waals surface area contributed by atoms with Crippen LogP contribution in [0.1, 0.15) is 44.6 Å². The number of nitrogens with one attached hydrogen (secondary N) is 2. The quantitative estimate of drug-likeness (QED) is 0.641. The minimum atomic E-state index is -0.0728. The molecular weight excluding hydrogens is 358 g/mol. The second kappa shape index (κ2) is 12.0. The van der Waals surface area contributed by atoms with Crippen LogP contribution < -0.4 is 10.6 Å². The number of unbranched alkanes of at least 4 members (excludes halogenated alkanes) is 1. The molecule has 0 bridgehead atoms. The fourth-order valence-corrected chi connectivity index (χ4v) is 4.03. The first-order valence-electron chi connectivity index (χ1n) is 10.0. The first kappa shape index (κ1) is 21.8. The van der Waals surface area contributed by atoms with Crippen LogP contribution in [0.3, 0.4) is 0 Å². The lowest BCUT2D eigenvalue weighted by Crippen LogP contribution is -2.47. The summed E-state index contributed by atoms with van der Waals surface area (Å²) in [6.45, 7) is 7.20. The molecule has 1 saturated heterocycles. The van der Waals surface area contributed by atoms with Crippen molar-refractivity contribution in [1.82, 2.24) is 10.2 Å². The van der Waals surface area contributed by atoms with Gasteiger partial charge in [0.25, 0.3) is 0 Å². The van der Waals surface area contributed by atoms with Gasteiger partial charge in [-0.2, -0.15) is 0 Å². The van der Waals surface area contributed by atoms with Gasteiger partial charge < -0.3 is 10.6 Å². The topological polar surface area (TPSA) is 61.4 Å². The summed E-state index contributed by atoms with van der Waals surface area (Å²) in [5, 5.41) is 5.92. The molecule has 0 aromatic heterocycles. The van der Waals surface area contributed by atoms with Gasteiger partial charge in [-0.05, 0) is 57.0 Å². The molecule has 0 saturated carbocycles. The van der Waals surface area contributed by atoms with E-state index in [0.29, 0.717) is 11.8 Å². The lowest BCUT2D eigenvalue weighted by atomic mass is 10.0. The van der Waals surface area contributed by atoms with E-state index in [0.717, 1.165) is 37.3 Å². The third-order valence-corrected chi connectivity index (χ3v) is 5.78. The number of hydrogen-bond donors (Lipinski definition) is 2. The van der Waals surface area contributed by atoms with Gasteiger partial charge in [-0.25, -0.2) is 0 Å². The van der Waals surface area contributed by atoms with Crippen LogP contribution in [0, 0.1) is 6.92 Å². The van der Waals surface area contributed by atoms with E-state index in [9.17, 15) is 9.59 Å². The molecule has 6 heteroatoms. The molecule has 0 radical (unpaired) electrons. The van der Waals surface area contributed by atoms with E-state index in [1.165, 1.54) is 37.4 Å². The van der Waals surface area contributed by atoms with Crippen LogP contribution in [0.2, 0.25) is 0 Å². The van der Waals surface area contributed by atoms with E-state index in [2.05, 4.69) is 22.5 Å². The van der Waals surface area contributed by atoms with Gasteiger partial charge in [-0.1, -0.05) is 31.9 Å². The molecule has 2 amide bonds. The molecule has 1 aromatic rings. The summed E-state index contributed by atoms with van der Waals surface area (Å²) in [6, 6.07) is 8.18. The van der Waals surface area contributed by atoms with E-state index in [4.69, 9.17) is 0 Å². The van der Waals surface area contributed by atoms with Gasteiger partial charge in [-0.3, -0.25) is 14.5 Å². The highest BCUT2D eigenvalue weighted by molar-refractivity contribution is 8.00. The predicted octanol–water partition coefficient (Wildman–Crippen LogP) is 3.44. The summed E-state index contributed by atoms with van der Waals surface area (Å²) in [5.41, 5.74) is 1.91. The van der Waals surface area contributed by atoms with Crippen LogP contribution in [0.15, 0.2) is 24.3 Å². The van der Waals surface area contributed by atoms with Crippen molar-refractivity contribution in [3.8, 4) is 0 Å². The normalized spacial score (nSPS) is 17.5. The third kappa shape index (κ3) is 8.35. The molecule has 150 valence electrons. The number of rotatable bonds is 10. The summed E-state index contributed by atoms with van der Waals surface area (Å²) < 4.78 is 0. The second-order valence-corrected chi connectivity index (χ2v) is 8.24. The molecule has 0 spiro atoms. The van der Waals surface area contributed by atoms with Crippen molar-refractivity contribution in [3.05, 3.63) is 29.8 Å². The maximum Gasteiger partial charge on any atom is 0.234 e. The Morgan fingerprint density at radius 3 is 2.81 bits per heavy atom. The van der Waals surface area contributed by atoms with Crippen molar-refractivity contribution in [2.45, 2.75) is 52.0 Å². The summed E-state index contributed by atoms with van der Waals surface area (Å²) in [7, 11) is 0. The Morgan fingerprint density at radius 1 is 1.22 bits per heavy atom. The lowest BCUT2D eigenvalue weighted by molar-refractivity contribution is -0.118. The van der Waals surface area contributed by atoms with E-state index in [-0.39, 0.29) is 17.6 Å². The molecule has 27 heavy (non-hydrogen) atoms. The van der Waals surface area contributed by atoms with E-state index < -0.39 is 0 Å². The zero-order valence-corrected chi connectivity index (χ0v) is 17.4. The van der Waals surface area contributed by atoms with Crippen molar-refractivity contribution in [3.63, 3.8) is 0 Å². The Morgan fingerprint density at radius 2 is 2.04 bits per heavy atom. The van der Waals surface area contributed by atoms with Crippen molar-refractivity contribution in [2.75, 3.05) is 36.5 Å². The smallest absolute Gasteiger partial charge is 0.234 e. The van der Waals surface area contributed by atoms with Crippen LogP contribution >= 0.6 is 11.8 Å². The largest absolute Gasteiger partial charge is 0.354 e. The van der Waals surface area contributed by atoms with Gasteiger partial charge in [0.1, 0.15) is 0 Å². The average Bonchev–Trinajstić information content (AvgIpc) is 2.65. The number of aryl methyl sites for hydroxylation is 1. The summed E-state index contributed by atoms with van der Waals surface area (Å²) in [5.74, 6) is 0.553. The van der Waals surface area contributed by atoms with Crippen LogP contribution in [0.5, 0.6) is 0 Å². The number of nitrogens with zero attached hydrogens (tertiary/aromatic N) is 1. The van der Waals surface area contributed by atoms with Gasteiger partial charge in [-0.15, -0.1) is 11.8 Å². The molecule has 1 aliphatic rings. The van der Waals surface area contributed by atoms with Gasteiger partial charge in [0, 0.05) is 18.3 Å². The van der Waals surface area contributed by atoms with Gasteiger partial charge >= 0.3 is 0 Å². The standard InChI is InChI=1S/C21H33N3O2S/c1-3-4-11-24-12-6-5-10-19(24)14-22-20(25)15-27-16-21(26)23-18-9-7-8-17(2)13-18/h7-9,13,19H,3-6,10-12,14-16H2,1-2H3,(H,22,25)(H,23,26). The minimum Gasteiger partial charge on any atom is -0.354 e. The van der Waals surface area contributed by atoms with E-state index >= 15 is 0 Å². The minimum absolute atomic E-state index is 0.0179. The number of anilines is 1. The van der Waals surface area contributed by atoms with Crippen molar-refractivity contribution in [2.24, 2.45) is 0 Å². The summed E-state index contributed by atoms with van der Waals surface area (Å²) >= 11 is 1.36. The summed E-state index contributed by atoms with van der Waals surface area (Å²) in [4.78, 5) is 26.6. The second-order valence-electron chi connectivity index (χ2n) is 7.25. The molecule has 0 aliphatic carbocycles. The Bertz CT molecular complexity index is 609. The number of amides is 2. The van der Waals surface area contributed by atoms with Gasteiger partial charge in [0.05, 0.1) is 11.5 Å². The number of thioether (sulfide) groups is 1. The highest BCUT2D eigenvalue weighted by Gasteiger charge is 2.22. The highest BCUT2D eigenvalue weighted by Crippen LogP contribution is 2.17. The monoisotopic (exact) mass is 391 g/mol. The Hall–Kier alpha value is -1.53. The van der Waals surface area contributed by atoms with Gasteiger partial charge in [0.2, 0.25) is 11.8 Å². The first-order chi connectivity index (χ1) is 13.1. The number of carbonyl (C=O) groups excluding carboxylic acids is 2. The Kier molecular flexibility index (Phi) is 9.70. The van der Waals surface area contributed by atoms with Crippen molar-refractivity contribution < 1.29 is 9.59 Å². The number of carbonyl (C=O) groups is 2. The molecule has 5 nitrogen and oxygen atoms in total. The molecule has 1 heterocycles. The number of piperidine rings is 1. The fourth-order valence-electron chi connectivity index (χ4n) is 3.39. The Labute approximate surface area is 167 Å². The molecule has 2 N–H and O–H groups in total. The molecule has 1 fully saturated rings. The highest BCUT2D eigenvalue weighted by atomic mass is 32.2. The molecule has 1 atom stereocenters. The van der Waals surface area contributed by atoms with E-state index in [1.807, 2.05) is 31.2 Å². The predicted molar refractivity (Wildman–Crippen MR) is 114 cm³/mol. The zero-order valence-electron chi connectivity index (χ0n) is 16.6. The average molecular weight is 392 g/mol. The lowest BCUT2D eigenvalue weighted by Gasteiger charge is -2.35. The van der Waals surface area contributed by atoms with Crippen molar-refractivity contribution in [1.29, 1.82) is 0 Å². The third-order valence-electron chi connectivity index (χ3n) is 4.85. The van der Waals surface area contributed by atoms with Crippen molar-refractivity contribution >= 4 is 29.3 Å². The maximum absolute atomic E-state index is 12.1. The molecule has 1 aromatic carbocycles. The van der Waals surface area contributed by atoms with Crippen LogP contribution in [-0.2, 0) is 9.59 Å². The molecule has 1 unspecified atom stereocenters. The first-order valence-corrected chi connectivity index (χ1v) is 11.2. The number of likely N-dealkylation sites (tertiary alicyclic amines) is 1. The zero-order chi connectivity index (χ0) is 19.5. The van der Waals surface area contributed by atoms with E-state index in [1.54, 1.807) is 0 Å². The summed E-state index contributed by atoms with van der Waals surface area (Å²) in [6.07, 6.45) is 6.10. The van der Waals surface area contributed by atoms with Crippen LogP contribution in [0.4, 0.5) is 5.69 Å². The number of hydrogen-bond acceptors (Lipinski definition) is 4. The molecular formula is C21H33N3O2S. The van der Waals surface area contributed by atoms with Gasteiger partial charge in [0.15, 0.2) is 0 Å². The van der Waals surface area contributed by atoms with Crippen LogP contribution in [-0.4, -0.2) is 53.9 Å². The maximum atomic E-state index is 12.1. The SMILES string of the molecule is CCCCN1CCCCC1CNC(=O)CSCC(=O)Nc1cccc(C)c1. The fraction of sp³-hybridized carbons (Fsp3) is 0.619.